The third kappa shape index (κ3) is 2.49. The Labute approximate surface area is 114 Å². The zero-order chi connectivity index (χ0) is 13.3. The summed E-state index contributed by atoms with van der Waals surface area (Å²) in [4.78, 5) is 11.8. The molecule has 1 aromatic heterocycles. The summed E-state index contributed by atoms with van der Waals surface area (Å²) < 4.78 is 2.35. The van der Waals surface area contributed by atoms with Crippen molar-refractivity contribution in [1.82, 2.24) is 4.57 Å². The molecule has 0 radical (unpaired) electrons. The topological polar surface area (TPSA) is 22.0 Å². The molecule has 18 heavy (non-hydrogen) atoms. The highest BCUT2D eigenvalue weighted by atomic mass is 35.5. The molecule has 2 rings (SSSR count). The van der Waals surface area contributed by atoms with E-state index in [-0.39, 0.29) is 11.7 Å². The Morgan fingerprint density at radius 3 is 2.50 bits per heavy atom. The number of alkyl halides is 1. The molecule has 0 spiro atoms. The van der Waals surface area contributed by atoms with Crippen LogP contribution in [0.25, 0.3) is 0 Å². The number of carbonyl (C=O) groups is 1. The molecule has 1 saturated carbocycles. The average Bonchev–Trinajstić information content (AvgIpc) is 2.65. The molecule has 0 amide bonds. The molecule has 0 N–H and O–H groups in total. The standard InChI is InChI=1S/C15H22ClNO/c1-10-4-6-13(7-5-10)17-11(2)8-14(12(17)3)15(18)9-16/h8,10,13H,4-7,9H2,1-3H3. The molecule has 0 aromatic carbocycles. The number of ketones is 1. The Morgan fingerprint density at radius 2 is 1.94 bits per heavy atom. The third-order valence-electron chi connectivity index (χ3n) is 4.26. The number of halogens is 1. The predicted octanol–water partition coefficient (Wildman–Crippen LogP) is 4.28. The molecule has 2 nitrogen and oxygen atoms in total. The van der Waals surface area contributed by atoms with Gasteiger partial charge in [0.1, 0.15) is 0 Å². The second-order valence-electron chi connectivity index (χ2n) is 5.63. The van der Waals surface area contributed by atoms with Crippen molar-refractivity contribution in [3.63, 3.8) is 0 Å². The minimum Gasteiger partial charge on any atom is -0.345 e. The lowest BCUT2D eigenvalue weighted by molar-refractivity contribution is 0.102. The molecule has 1 heterocycles. The van der Waals surface area contributed by atoms with Gasteiger partial charge in [0, 0.05) is 23.0 Å². The summed E-state index contributed by atoms with van der Waals surface area (Å²) in [7, 11) is 0. The molecule has 1 aliphatic carbocycles. The van der Waals surface area contributed by atoms with Crippen LogP contribution in [0.1, 0.15) is 60.4 Å². The quantitative estimate of drug-likeness (QED) is 0.592. The van der Waals surface area contributed by atoms with Gasteiger partial charge in [-0.05, 0) is 51.5 Å². The summed E-state index contributed by atoms with van der Waals surface area (Å²) in [6.07, 6.45) is 5.04. The van der Waals surface area contributed by atoms with Crippen LogP contribution in [0.4, 0.5) is 0 Å². The van der Waals surface area contributed by atoms with Crippen LogP contribution in [0.5, 0.6) is 0 Å². The van der Waals surface area contributed by atoms with Crippen LogP contribution in [-0.4, -0.2) is 16.2 Å². The van der Waals surface area contributed by atoms with E-state index in [4.69, 9.17) is 11.6 Å². The van der Waals surface area contributed by atoms with Crippen LogP contribution in [0, 0.1) is 19.8 Å². The smallest absolute Gasteiger partial charge is 0.179 e. The zero-order valence-electron chi connectivity index (χ0n) is 11.5. The number of aryl methyl sites for hydroxylation is 1. The highest BCUT2D eigenvalue weighted by molar-refractivity contribution is 6.30. The maximum atomic E-state index is 11.8. The van der Waals surface area contributed by atoms with Gasteiger partial charge in [0.25, 0.3) is 0 Å². The number of carbonyl (C=O) groups excluding carboxylic acids is 1. The predicted molar refractivity (Wildman–Crippen MR) is 75.6 cm³/mol. The van der Waals surface area contributed by atoms with E-state index in [0.717, 1.165) is 17.2 Å². The Morgan fingerprint density at radius 1 is 1.33 bits per heavy atom. The Hall–Kier alpha value is -0.760. The summed E-state index contributed by atoms with van der Waals surface area (Å²) in [6.45, 7) is 6.47. The van der Waals surface area contributed by atoms with Crippen LogP contribution >= 0.6 is 11.6 Å². The van der Waals surface area contributed by atoms with Crippen molar-refractivity contribution >= 4 is 17.4 Å². The zero-order valence-corrected chi connectivity index (χ0v) is 12.3. The molecule has 100 valence electrons. The van der Waals surface area contributed by atoms with Crippen molar-refractivity contribution in [2.75, 3.05) is 5.88 Å². The van der Waals surface area contributed by atoms with E-state index in [1.165, 1.54) is 31.4 Å². The van der Waals surface area contributed by atoms with Crippen LogP contribution in [0.15, 0.2) is 6.07 Å². The van der Waals surface area contributed by atoms with Gasteiger partial charge in [0.05, 0.1) is 5.88 Å². The van der Waals surface area contributed by atoms with Crippen LogP contribution in [-0.2, 0) is 0 Å². The van der Waals surface area contributed by atoms with Crippen molar-refractivity contribution in [2.24, 2.45) is 5.92 Å². The second kappa shape index (κ2) is 5.48. The molecule has 0 unspecified atom stereocenters. The van der Waals surface area contributed by atoms with Crippen molar-refractivity contribution < 1.29 is 4.79 Å². The van der Waals surface area contributed by atoms with Gasteiger partial charge in [0.15, 0.2) is 5.78 Å². The first-order chi connectivity index (χ1) is 8.54. The SMILES string of the molecule is Cc1cc(C(=O)CCl)c(C)n1C1CCC(C)CC1. The molecule has 1 fully saturated rings. The number of hydrogen-bond donors (Lipinski definition) is 0. The van der Waals surface area contributed by atoms with Crippen molar-refractivity contribution in [3.05, 3.63) is 23.0 Å². The number of Topliss-reactive ketones (excluding diaryl/α,β-unsaturated/α-hetero) is 1. The van der Waals surface area contributed by atoms with Crippen molar-refractivity contribution in [3.8, 4) is 0 Å². The first-order valence-corrected chi connectivity index (χ1v) is 7.35. The third-order valence-corrected chi connectivity index (χ3v) is 4.50. The fourth-order valence-corrected chi connectivity index (χ4v) is 3.34. The summed E-state index contributed by atoms with van der Waals surface area (Å²) in [6, 6.07) is 2.57. The molecular formula is C15H22ClNO. The number of hydrogen-bond acceptors (Lipinski definition) is 1. The van der Waals surface area contributed by atoms with Gasteiger partial charge in [-0.25, -0.2) is 0 Å². The Bertz CT molecular complexity index is 442. The molecule has 0 saturated heterocycles. The van der Waals surface area contributed by atoms with Crippen molar-refractivity contribution in [2.45, 2.75) is 52.5 Å². The number of nitrogens with zero attached hydrogens (tertiary/aromatic N) is 1. The normalized spacial score (nSPS) is 24.2. The highest BCUT2D eigenvalue weighted by Crippen LogP contribution is 2.34. The fraction of sp³-hybridized carbons (Fsp3) is 0.667. The van der Waals surface area contributed by atoms with Crippen LogP contribution < -0.4 is 0 Å². The minimum absolute atomic E-state index is 0.0418. The van der Waals surface area contributed by atoms with E-state index in [0.29, 0.717) is 6.04 Å². The number of aromatic nitrogens is 1. The minimum atomic E-state index is 0.0418. The maximum Gasteiger partial charge on any atom is 0.179 e. The van der Waals surface area contributed by atoms with E-state index in [1.54, 1.807) is 0 Å². The number of rotatable bonds is 3. The van der Waals surface area contributed by atoms with Gasteiger partial charge in [-0.15, -0.1) is 11.6 Å². The summed E-state index contributed by atoms with van der Waals surface area (Å²) in [5.74, 6) is 0.966. The maximum absolute atomic E-state index is 11.8. The van der Waals surface area contributed by atoms with E-state index in [1.807, 2.05) is 13.0 Å². The monoisotopic (exact) mass is 267 g/mol. The lowest BCUT2D eigenvalue weighted by Crippen LogP contribution is -2.19. The Balaban J connectivity index is 2.28. The largest absolute Gasteiger partial charge is 0.345 e. The van der Waals surface area contributed by atoms with E-state index in [2.05, 4.69) is 18.4 Å². The lowest BCUT2D eigenvalue weighted by Gasteiger charge is -2.29. The van der Waals surface area contributed by atoms with Crippen LogP contribution in [0.3, 0.4) is 0 Å². The van der Waals surface area contributed by atoms with Gasteiger partial charge in [0.2, 0.25) is 0 Å². The van der Waals surface area contributed by atoms with Crippen molar-refractivity contribution in [1.29, 1.82) is 0 Å². The second-order valence-corrected chi connectivity index (χ2v) is 5.89. The summed E-state index contributed by atoms with van der Waals surface area (Å²) in [5, 5.41) is 0. The highest BCUT2D eigenvalue weighted by Gasteiger charge is 2.24. The molecular weight excluding hydrogens is 246 g/mol. The lowest BCUT2D eigenvalue weighted by atomic mass is 9.87. The average molecular weight is 268 g/mol. The molecule has 0 bridgehead atoms. The fourth-order valence-electron chi connectivity index (χ4n) is 3.19. The van der Waals surface area contributed by atoms with Gasteiger partial charge in [-0.1, -0.05) is 6.92 Å². The molecule has 0 aliphatic heterocycles. The Kier molecular flexibility index (Phi) is 4.16. The van der Waals surface area contributed by atoms with E-state index < -0.39 is 0 Å². The van der Waals surface area contributed by atoms with Gasteiger partial charge in [-0.3, -0.25) is 4.79 Å². The van der Waals surface area contributed by atoms with Gasteiger partial charge in [-0.2, -0.15) is 0 Å². The summed E-state index contributed by atoms with van der Waals surface area (Å²) >= 11 is 5.67. The van der Waals surface area contributed by atoms with Crippen LogP contribution in [0.2, 0.25) is 0 Å². The van der Waals surface area contributed by atoms with Gasteiger partial charge >= 0.3 is 0 Å². The first-order valence-electron chi connectivity index (χ1n) is 6.82. The van der Waals surface area contributed by atoms with Gasteiger partial charge < -0.3 is 4.57 Å². The summed E-state index contributed by atoms with van der Waals surface area (Å²) in [5.41, 5.74) is 3.10. The molecule has 3 heteroatoms. The molecule has 1 aromatic rings. The first kappa shape index (κ1) is 13.7. The molecule has 1 aliphatic rings. The molecule has 0 atom stereocenters. The van der Waals surface area contributed by atoms with E-state index in [9.17, 15) is 4.79 Å². The van der Waals surface area contributed by atoms with E-state index >= 15 is 0 Å².